The van der Waals surface area contributed by atoms with E-state index >= 15 is 0 Å². The molecular weight excluding hydrogens is 302 g/mol. The van der Waals surface area contributed by atoms with E-state index in [4.69, 9.17) is 0 Å². The monoisotopic (exact) mass is 321 g/mol. The van der Waals surface area contributed by atoms with E-state index in [0.29, 0.717) is 0 Å². The molecule has 1 nitrogen and oxygen atoms in total. The van der Waals surface area contributed by atoms with Crippen molar-refractivity contribution < 1.29 is 0 Å². The molecule has 0 bridgehead atoms. The summed E-state index contributed by atoms with van der Waals surface area (Å²) in [6.45, 7) is 0. The number of nitrogens with one attached hydrogen (secondary N) is 1. The van der Waals surface area contributed by atoms with E-state index in [0.717, 1.165) is 12.8 Å². The predicted molar refractivity (Wildman–Crippen MR) is 106 cm³/mol. The number of aromatic amines is 1. The number of hydrogen-bond donors (Lipinski definition) is 1. The molecule has 1 heteroatoms. The predicted octanol–water partition coefficient (Wildman–Crippen LogP) is 6.32. The average molecular weight is 321 g/mol. The average Bonchev–Trinajstić information content (AvgIpc) is 3.06. The van der Waals surface area contributed by atoms with E-state index in [9.17, 15) is 0 Å². The number of fused-ring (bicyclic) bond motifs is 3. The second-order valence-corrected chi connectivity index (χ2v) is 6.68. The van der Waals surface area contributed by atoms with Crippen LogP contribution in [0.3, 0.4) is 0 Å². The highest BCUT2D eigenvalue weighted by atomic mass is 14.7. The third-order valence-electron chi connectivity index (χ3n) is 5.14. The topological polar surface area (TPSA) is 15.8 Å². The summed E-state index contributed by atoms with van der Waals surface area (Å²) in [5.41, 5.74) is 9.26. The van der Waals surface area contributed by atoms with Crippen LogP contribution in [-0.2, 0) is 6.42 Å². The number of allylic oxidation sites excluding steroid dienone is 1. The Morgan fingerprint density at radius 3 is 2.12 bits per heavy atom. The molecule has 3 aromatic carbocycles. The smallest absolute Gasteiger partial charge is 0.0462 e. The molecule has 0 fully saturated rings. The van der Waals surface area contributed by atoms with Gasteiger partial charge in [-0.3, -0.25) is 0 Å². The molecule has 1 aliphatic rings. The maximum Gasteiger partial charge on any atom is 0.0462 e. The minimum atomic E-state index is 1.07. The largest absolute Gasteiger partial charge is 0.358 e. The van der Waals surface area contributed by atoms with Crippen LogP contribution in [0.1, 0.15) is 23.2 Å². The van der Waals surface area contributed by atoms with Crippen LogP contribution < -0.4 is 0 Å². The first-order valence-electron chi connectivity index (χ1n) is 8.84. The molecule has 120 valence electrons. The molecular formula is C24H19N. The van der Waals surface area contributed by atoms with Gasteiger partial charge in [0.2, 0.25) is 0 Å². The van der Waals surface area contributed by atoms with Crippen molar-refractivity contribution in [1.29, 1.82) is 0 Å². The van der Waals surface area contributed by atoms with Gasteiger partial charge in [-0.15, -0.1) is 0 Å². The van der Waals surface area contributed by atoms with E-state index in [2.05, 4.69) is 89.9 Å². The third-order valence-corrected chi connectivity index (χ3v) is 5.14. The minimum Gasteiger partial charge on any atom is -0.358 e. The van der Waals surface area contributed by atoms with Crippen molar-refractivity contribution >= 4 is 22.6 Å². The molecule has 25 heavy (non-hydrogen) atoms. The van der Waals surface area contributed by atoms with Gasteiger partial charge in [-0.05, 0) is 53.3 Å². The Labute approximate surface area is 147 Å². The molecule has 0 saturated heterocycles. The molecule has 1 N–H and O–H groups in total. The van der Waals surface area contributed by atoms with Gasteiger partial charge in [-0.25, -0.2) is 0 Å². The Morgan fingerprint density at radius 2 is 1.36 bits per heavy atom. The van der Waals surface area contributed by atoms with Crippen LogP contribution in [0.4, 0.5) is 0 Å². The Morgan fingerprint density at radius 1 is 0.640 bits per heavy atom. The normalized spacial score (nSPS) is 13.5. The molecule has 0 radical (unpaired) electrons. The molecule has 1 aromatic heterocycles. The van der Waals surface area contributed by atoms with Crippen LogP contribution in [0.5, 0.6) is 0 Å². The van der Waals surface area contributed by atoms with E-state index in [-0.39, 0.29) is 0 Å². The summed E-state index contributed by atoms with van der Waals surface area (Å²) in [5.74, 6) is 0. The SMILES string of the molecule is C1=C(c2ccccc2)CCc2[nH]c3ccc(-c4ccccc4)cc3c21. The van der Waals surface area contributed by atoms with Crippen molar-refractivity contribution in [2.75, 3.05) is 0 Å². The van der Waals surface area contributed by atoms with Gasteiger partial charge in [0.05, 0.1) is 0 Å². The number of hydrogen-bond acceptors (Lipinski definition) is 0. The summed E-state index contributed by atoms with van der Waals surface area (Å²) >= 11 is 0. The highest BCUT2D eigenvalue weighted by molar-refractivity contribution is 5.99. The van der Waals surface area contributed by atoms with Crippen LogP contribution in [0, 0.1) is 0 Å². The summed E-state index contributed by atoms with van der Waals surface area (Å²) in [7, 11) is 0. The van der Waals surface area contributed by atoms with E-state index in [1.165, 1.54) is 44.4 Å². The lowest BCUT2D eigenvalue weighted by Gasteiger charge is -2.14. The van der Waals surface area contributed by atoms with E-state index in [1.54, 1.807) is 0 Å². The van der Waals surface area contributed by atoms with Crippen LogP contribution in [0.2, 0.25) is 0 Å². The Balaban J connectivity index is 1.66. The van der Waals surface area contributed by atoms with Gasteiger partial charge in [-0.2, -0.15) is 0 Å². The summed E-state index contributed by atoms with van der Waals surface area (Å²) in [5, 5.41) is 1.32. The fraction of sp³-hybridized carbons (Fsp3) is 0.0833. The lowest BCUT2D eigenvalue weighted by atomic mass is 9.91. The first-order chi connectivity index (χ1) is 12.4. The molecule has 1 heterocycles. The molecule has 5 rings (SSSR count). The number of benzene rings is 3. The van der Waals surface area contributed by atoms with Gasteiger partial charge in [0.25, 0.3) is 0 Å². The highest BCUT2D eigenvalue weighted by Crippen LogP contribution is 2.36. The first-order valence-corrected chi connectivity index (χ1v) is 8.84. The lowest BCUT2D eigenvalue weighted by Crippen LogP contribution is -1.97. The maximum absolute atomic E-state index is 3.62. The fourth-order valence-electron chi connectivity index (χ4n) is 3.83. The van der Waals surface area contributed by atoms with Crippen molar-refractivity contribution in [2.45, 2.75) is 12.8 Å². The van der Waals surface area contributed by atoms with Crippen molar-refractivity contribution in [3.05, 3.63) is 95.7 Å². The van der Waals surface area contributed by atoms with Crippen molar-refractivity contribution in [2.24, 2.45) is 0 Å². The van der Waals surface area contributed by atoms with Gasteiger partial charge in [0, 0.05) is 22.2 Å². The van der Waals surface area contributed by atoms with E-state index < -0.39 is 0 Å². The molecule has 0 unspecified atom stereocenters. The lowest BCUT2D eigenvalue weighted by molar-refractivity contribution is 0.964. The number of aromatic nitrogens is 1. The van der Waals surface area contributed by atoms with Gasteiger partial charge >= 0.3 is 0 Å². The van der Waals surface area contributed by atoms with E-state index in [1.807, 2.05) is 0 Å². The zero-order valence-corrected chi connectivity index (χ0v) is 14.0. The summed E-state index contributed by atoms with van der Waals surface area (Å²) in [6, 6.07) is 28.1. The Bertz CT molecular complexity index is 1070. The fourth-order valence-corrected chi connectivity index (χ4v) is 3.83. The Hall–Kier alpha value is -3.06. The quantitative estimate of drug-likeness (QED) is 0.444. The van der Waals surface area contributed by atoms with Crippen LogP contribution >= 0.6 is 0 Å². The number of aryl methyl sites for hydroxylation is 1. The summed E-state index contributed by atoms with van der Waals surface area (Å²) in [6.07, 6.45) is 4.54. The molecule has 0 aliphatic heterocycles. The number of rotatable bonds is 2. The zero-order valence-electron chi connectivity index (χ0n) is 14.0. The molecule has 4 aromatic rings. The molecule has 0 saturated carbocycles. The second-order valence-electron chi connectivity index (χ2n) is 6.68. The minimum absolute atomic E-state index is 1.07. The van der Waals surface area contributed by atoms with Crippen molar-refractivity contribution in [3.8, 4) is 11.1 Å². The van der Waals surface area contributed by atoms with Gasteiger partial charge in [0.1, 0.15) is 0 Å². The second kappa shape index (κ2) is 5.78. The first kappa shape index (κ1) is 14.3. The summed E-state index contributed by atoms with van der Waals surface area (Å²) in [4.78, 5) is 3.62. The van der Waals surface area contributed by atoms with Crippen LogP contribution in [-0.4, -0.2) is 4.98 Å². The maximum atomic E-state index is 3.62. The van der Waals surface area contributed by atoms with Crippen molar-refractivity contribution in [3.63, 3.8) is 0 Å². The van der Waals surface area contributed by atoms with Crippen molar-refractivity contribution in [1.82, 2.24) is 4.98 Å². The number of H-pyrrole nitrogens is 1. The van der Waals surface area contributed by atoms with Gasteiger partial charge in [0.15, 0.2) is 0 Å². The van der Waals surface area contributed by atoms with Gasteiger partial charge < -0.3 is 4.98 Å². The molecule has 0 atom stereocenters. The summed E-state index contributed by atoms with van der Waals surface area (Å²) < 4.78 is 0. The molecule has 1 aliphatic carbocycles. The standard InChI is InChI=1S/C24H19N/c1-3-7-17(8-4-1)19-11-13-23-21(15-19)22-16-20(12-14-24(22)25-23)18-9-5-2-6-10-18/h1-11,13,15-16,25H,12,14H2. The molecule has 0 amide bonds. The van der Waals surface area contributed by atoms with Gasteiger partial charge in [-0.1, -0.05) is 66.7 Å². The van der Waals surface area contributed by atoms with Crippen LogP contribution in [0.25, 0.3) is 33.7 Å². The third kappa shape index (κ3) is 2.49. The highest BCUT2D eigenvalue weighted by Gasteiger charge is 2.17. The molecule has 0 spiro atoms. The van der Waals surface area contributed by atoms with Crippen LogP contribution in [0.15, 0.2) is 78.9 Å². The Kier molecular flexibility index (Phi) is 3.31. The zero-order chi connectivity index (χ0) is 16.6.